The number of ether oxygens (including phenoxy) is 1. The average Bonchev–Trinajstić information content (AvgIpc) is 2.55. The van der Waals surface area contributed by atoms with Gasteiger partial charge in [-0.15, -0.1) is 0 Å². The zero-order valence-corrected chi connectivity index (χ0v) is 14.1. The third-order valence-electron chi connectivity index (χ3n) is 3.76. The number of carbonyl (C=O) groups excluding carboxylic acids is 1. The van der Waals surface area contributed by atoms with Crippen LogP contribution in [0, 0.1) is 13.8 Å². The Labute approximate surface area is 141 Å². The van der Waals surface area contributed by atoms with Crippen molar-refractivity contribution in [3.8, 4) is 5.75 Å². The molecular formula is C18H20ClNO3. The molecule has 1 unspecified atom stereocenters. The van der Waals surface area contributed by atoms with Crippen molar-refractivity contribution >= 4 is 17.5 Å². The topological polar surface area (TPSA) is 58.6 Å². The maximum atomic E-state index is 12.3. The molecule has 5 heteroatoms. The van der Waals surface area contributed by atoms with Crippen LogP contribution in [-0.2, 0) is 0 Å². The van der Waals surface area contributed by atoms with Gasteiger partial charge < -0.3 is 15.2 Å². The predicted molar refractivity (Wildman–Crippen MR) is 91.2 cm³/mol. The highest BCUT2D eigenvalue weighted by Crippen LogP contribution is 2.22. The van der Waals surface area contributed by atoms with Gasteiger partial charge in [0, 0.05) is 6.54 Å². The van der Waals surface area contributed by atoms with Crippen molar-refractivity contribution in [1.82, 2.24) is 5.32 Å². The van der Waals surface area contributed by atoms with Crippen molar-refractivity contribution in [3.63, 3.8) is 0 Å². The van der Waals surface area contributed by atoms with E-state index in [0.29, 0.717) is 21.9 Å². The maximum Gasteiger partial charge on any atom is 0.252 e. The number of hydrogen-bond acceptors (Lipinski definition) is 3. The number of rotatable bonds is 5. The Balaban J connectivity index is 2.05. The summed E-state index contributed by atoms with van der Waals surface area (Å²) in [5.74, 6) is 0.352. The van der Waals surface area contributed by atoms with Crippen molar-refractivity contribution in [2.45, 2.75) is 20.0 Å². The van der Waals surface area contributed by atoms with Crippen molar-refractivity contribution in [1.29, 1.82) is 0 Å². The molecule has 2 aromatic carbocycles. The number of carbonyl (C=O) groups is 1. The van der Waals surface area contributed by atoms with Crippen LogP contribution in [0.4, 0.5) is 0 Å². The Bertz CT molecular complexity index is 715. The molecule has 0 bridgehead atoms. The lowest BCUT2D eigenvalue weighted by atomic mass is 10.1. The molecule has 0 aliphatic heterocycles. The van der Waals surface area contributed by atoms with E-state index in [1.165, 1.54) is 0 Å². The quantitative estimate of drug-likeness (QED) is 0.881. The van der Waals surface area contributed by atoms with Gasteiger partial charge in [-0.1, -0.05) is 23.7 Å². The first kappa shape index (κ1) is 17.3. The fourth-order valence-electron chi connectivity index (χ4n) is 2.21. The second-order valence-corrected chi connectivity index (χ2v) is 5.83. The van der Waals surface area contributed by atoms with Crippen LogP contribution >= 0.6 is 11.6 Å². The number of methoxy groups -OCH3 is 1. The molecule has 0 aliphatic carbocycles. The first-order valence-electron chi connectivity index (χ1n) is 7.29. The Kier molecular flexibility index (Phi) is 5.64. The molecule has 122 valence electrons. The van der Waals surface area contributed by atoms with E-state index in [0.717, 1.165) is 11.1 Å². The molecule has 2 N–H and O–H groups in total. The van der Waals surface area contributed by atoms with E-state index in [1.807, 2.05) is 13.8 Å². The van der Waals surface area contributed by atoms with Gasteiger partial charge in [0.25, 0.3) is 5.91 Å². The average molecular weight is 334 g/mol. The van der Waals surface area contributed by atoms with Crippen molar-refractivity contribution < 1.29 is 14.6 Å². The van der Waals surface area contributed by atoms with Crippen LogP contribution < -0.4 is 10.1 Å². The summed E-state index contributed by atoms with van der Waals surface area (Å²) in [6.45, 7) is 3.96. The van der Waals surface area contributed by atoms with Crippen LogP contribution in [0.3, 0.4) is 0 Å². The lowest BCUT2D eigenvalue weighted by molar-refractivity contribution is 0.0916. The maximum absolute atomic E-state index is 12.3. The summed E-state index contributed by atoms with van der Waals surface area (Å²) in [5.41, 5.74) is 3.11. The first-order valence-corrected chi connectivity index (χ1v) is 7.67. The Morgan fingerprint density at radius 1 is 1.26 bits per heavy atom. The van der Waals surface area contributed by atoms with E-state index in [-0.39, 0.29) is 12.5 Å². The normalized spacial score (nSPS) is 11.9. The Morgan fingerprint density at radius 2 is 1.96 bits per heavy atom. The van der Waals surface area contributed by atoms with E-state index in [9.17, 15) is 9.90 Å². The number of aliphatic hydroxyl groups excluding tert-OH is 1. The molecule has 0 fully saturated rings. The van der Waals surface area contributed by atoms with Gasteiger partial charge in [0.05, 0.1) is 23.8 Å². The number of aryl methyl sites for hydroxylation is 2. The van der Waals surface area contributed by atoms with E-state index in [4.69, 9.17) is 16.3 Å². The molecule has 0 aromatic heterocycles. The number of hydrogen-bond donors (Lipinski definition) is 2. The van der Waals surface area contributed by atoms with Gasteiger partial charge in [-0.25, -0.2) is 0 Å². The molecule has 0 aliphatic rings. The third-order valence-corrected chi connectivity index (χ3v) is 4.08. The van der Waals surface area contributed by atoms with Gasteiger partial charge in [-0.3, -0.25) is 4.79 Å². The lowest BCUT2D eigenvalue weighted by Gasteiger charge is -2.14. The lowest BCUT2D eigenvalue weighted by Crippen LogP contribution is -2.28. The predicted octanol–water partition coefficient (Wildman–Crippen LogP) is 3.43. The number of amides is 1. The smallest absolute Gasteiger partial charge is 0.252 e. The minimum absolute atomic E-state index is 0.0925. The van der Waals surface area contributed by atoms with E-state index < -0.39 is 6.10 Å². The summed E-state index contributed by atoms with van der Waals surface area (Å²) in [6.07, 6.45) is -0.820. The van der Waals surface area contributed by atoms with E-state index in [1.54, 1.807) is 43.5 Å². The van der Waals surface area contributed by atoms with Crippen molar-refractivity contribution in [2.75, 3.05) is 13.7 Å². The molecule has 0 saturated carbocycles. The van der Waals surface area contributed by atoms with E-state index >= 15 is 0 Å². The molecule has 2 aromatic rings. The SMILES string of the molecule is COc1cccc(C(O)CNC(=O)c2cc(C)c(C)cc2Cl)c1. The fourth-order valence-corrected chi connectivity index (χ4v) is 2.51. The zero-order chi connectivity index (χ0) is 17.0. The molecule has 0 radical (unpaired) electrons. The van der Waals surface area contributed by atoms with Gasteiger partial charge in [-0.05, 0) is 54.8 Å². The molecule has 0 spiro atoms. The van der Waals surface area contributed by atoms with Crippen molar-refractivity contribution in [2.24, 2.45) is 0 Å². The fraction of sp³-hybridized carbons (Fsp3) is 0.278. The Morgan fingerprint density at radius 3 is 2.65 bits per heavy atom. The summed E-state index contributed by atoms with van der Waals surface area (Å²) >= 11 is 6.13. The van der Waals surface area contributed by atoms with Gasteiger partial charge in [0.1, 0.15) is 5.75 Å². The summed E-state index contributed by atoms with van der Waals surface area (Å²) in [4.78, 5) is 12.3. The first-order chi connectivity index (χ1) is 10.9. The number of halogens is 1. The Hall–Kier alpha value is -2.04. The van der Waals surface area contributed by atoms with Crippen LogP contribution in [0.15, 0.2) is 36.4 Å². The minimum atomic E-state index is -0.820. The second kappa shape index (κ2) is 7.49. The molecule has 2 rings (SSSR count). The third kappa shape index (κ3) is 4.24. The van der Waals surface area contributed by atoms with Gasteiger partial charge in [0.15, 0.2) is 0 Å². The van der Waals surface area contributed by atoms with Gasteiger partial charge in [-0.2, -0.15) is 0 Å². The van der Waals surface area contributed by atoms with Gasteiger partial charge in [0.2, 0.25) is 0 Å². The molecule has 23 heavy (non-hydrogen) atoms. The standard InChI is InChI=1S/C18H20ClNO3/c1-11-7-15(16(19)8-12(11)2)18(22)20-10-17(21)13-5-4-6-14(9-13)23-3/h4-9,17,21H,10H2,1-3H3,(H,20,22). The molecule has 0 saturated heterocycles. The molecular weight excluding hydrogens is 314 g/mol. The summed E-state index contributed by atoms with van der Waals surface area (Å²) in [5, 5.41) is 13.3. The number of benzene rings is 2. The van der Waals surface area contributed by atoms with Crippen LogP contribution in [0.1, 0.15) is 33.2 Å². The molecule has 1 atom stereocenters. The van der Waals surface area contributed by atoms with Gasteiger partial charge >= 0.3 is 0 Å². The highest BCUT2D eigenvalue weighted by Gasteiger charge is 2.14. The number of aliphatic hydroxyl groups is 1. The van der Waals surface area contributed by atoms with Crippen LogP contribution in [0.5, 0.6) is 5.75 Å². The monoisotopic (exact) mass is 333 g/mol. The minimum Gasteiger partial charge on any atom is -0.497 e. The van der Waals surface area contributed by atoms with Crippen LogP contribution in [0.2, 0.25) is 5.02 Å². The molecule has 1 amide bonds. The zero-order valence-electron chi connectivity index (χ0n) is 13.4. The highest BCUT2D eigenvalue weighted by atomic mass is 35.5. The van der Waals surface area contributed by atoms with Crippen molar-refractivity contribution in [3.05, 3.63) is 63.7 Å². The molecule has 4 nitrogen and oxygen atoms in total. The summed E-state index contributed by atoms with van der Waals surface area (Å²) in [6, 6.07) is 10.6. The van der Waals surface area contributed by atoms with Crippen LogP contribution in [0.25, 0.3) is 0 Å². The second-order valence-electron chi connectivity index (χ2n) is 5.42. The highest BCUT2D eigenvalue weighted by molar-refractivity contribution is 6.34. The number of nitrogens with one attached hydrogen (secondary N) is 1. The largest absolute Gasteiger partial charge is 0.497 e. The summed E-state index contributed by atoms with van der Waals surface area (Å²) < 4.78 is 5.12. The van der Waals surface area contributed by atoms with Crippen LogP contribution in [-0.4, -0.2) is 24.7 Å². The molecule has 0 heterocycles. The van der Waals surface area contributed by atoms with E-state index in [2.05, 4.69) is 5.32 Å². The summed E-state index contributed by atoms with van der Waals surface area (Å²) in [7, 11) is 1.56.